The van der Waals surface area contributed by atoms with Crippen LogP contribution in [0.15, 0.2) is 24.3 Å². The molecular weight excluding hydrogens is 358 g/mol. The molecule has 6 heteroatoms. The van der Waals surface area contributed by atoms with Crippen LogP contribution in [0.3, 0.4) is 0 Å². The molecule has 146 valence electrons. The molecule has 0 saturated carbocycles. The standard InChI is InChI=1S/C21H29N3O2S/c1-14-5-7-17(8-6-14)19-23-15(2)18(27-19)16(3)24-20(25)21(13-26-4)9-11-22-12-10-21/h5-8,16,22H,9-13H2,1-4H3,(H,24,25). The van der Waals surface area contributed by atoms with Gasteiger partial charge < -0.3 is 15.4 Å². The number of carbonyl (C=O) groups excluding carboxylic acids is 1. The summed E-state index contributed by atoms with van der Waals surface area (Å²) in [5.41, 5.74) is 2.90. The molecule has 1 aliphatic rings. The minimum Gasteiger partial charge on any atom is -0.384 e. The average molecular weight is 388 g/mol. The van der Waals surface area contributed by atoms with Gasteiger partial charge in [0.2, 0.25) is 5.91 Å². The highest BCUT2D eigenvalue weighted by molar-refractivity contribution is 7.15. The van der Waals surface area contributed by atoms with Crippen molar-refractivity contribution in [2.45, 2.75) is 39.7 Å². The highest BCUT2D eigenvalue weighted by atomic mass is 32.1. The van der Waals surface area contributed by atoms with Crippen LogP contribution in [0.4, 0.5) is 0 Å². The molecule has 2 aromatic rings. The first-order chi connectivity index (χ1) is 12.9. The molecule has 5 nitrogen and oxygen atoms in total. The van der Waals surface area contributed by atoms with Crippen LogP contribution in [-0.4, -0.2) is 37.7 Å². The molecule has 1 aromatic carbocycles. The molecule has 2 heterocycles. The minimum absolute atomic E-state index is 0.0715. The van der Waals surface area contributed by atoms with Gasteiger partial charge >= 0.3 is 0 Å². The number of rotatable bonds is 6. The number of hydrogen-bond donors (Lipinski definition) is 2. The molecule has 0 aliphatic carbocycles. The van der Waals surface area contributed by atoms with E-state index in [0.29, 0.717) is 6.61 Å². The van der Waals surface area contributed by atoms with Crippen LogP contribution < -0.4 is 10.6 Å². The number of nitrogens with zero attached hydrogens (tertiary/aromatic N) is 1. The predicted molar refractivity (Wildman–Crippen MR) is 110 cm³/mol. The highest BCUT2D eigenvalue weighted by Gasteiger charge is 2.40. The molecule has 27 heavy (non-hydrogen) atoms. The fourth-order valence-electron chi connectivity index (χ4n) is 3.66. The van der Waals surface area contributed by atoms with Gasteiger partial charge in [-0.25, -0.2) is 4.98 Å². The smallest absolute Gasteiger partial charge is 0.229 e. The summed E-state index contributed by atoms with van der Waals surface area (Å²) < 4.78 is 5.39. The fraction of sp³-hybridized carbons (Fsp3) is 0.524. The van der Waals surface area contributed by atoms with Gasteiger partial charge in [0, 0.05) is 12.7 Å². The van der Waals surface area contributed by atoms with Crippen molar-refractivity contribution in [3.8, 4) is 10.6 Å². The Balaban J connectivity index is 1.76. The van der Waals surface area contributed by atoms with Crippen molar-refractivity contribution in [2.75, 3.05) is 26.8 Å². The van der Waals surface area contributed by atoms with Crippen LogP contribution >= 0.6 is 11.3 Å². The summed E-state index contributed by atoms with van der Waals surface area (Å²) in [6.45, 7) is 8.30. The molecule has 2 N–H and O–H groups in total. The number of nitrogens with one attached hydrogen (secondary N) is 2. The van der Waals surface area contributed by atoms with Gasteiger partial charge in [0.25, 0.3) is 0 Å². The zero-order valence-corrected chi connectivity index (χ0v) is 17.4. The Labute approximate surface area is 165 Å². The van der Waals surface area contributed by atoms with Gasteiger partial charge in [0.05, 0.1) is 28.6 Å². The van der Waals surface area contributed by atoms with Crippen molar-refractivity contribution in [3.05, 3.63) is 40.4 Å². The molecule has 1 amide bonds. The number of ether oxygens (including phenoxy) is 1. The summed E-state index contributed by atoms with van der Waals surface area (Å²) in [5, 5.41) is 7.56. The minimum atomic E-state index is -0.438. The van der Waals surface area contributed by atoms with E-state index in [1.165, 1.54) is 5.56 Å². The zero-order valence-electron chi connectivity index (χ0n) is 16.6. The molecule has 1 atom stereocenters. The third-order valence-corrected chi connectivity index (χ3v) is 6.72. The van der Waals surface area contributed by atoms with Crippen molar-refractivity contribution in [3.63, 3.8) is 0 Å². The van der Waals surface area contributed by atoms with E-state index in [9.17, 15) is 4.79 Å². The molecule has 0 radical (unpaired) electrons. The van der Waals surface area contributed by atoms with Crippen LogP contribution in [0.2, 0.25) is 0 Å². The fourth-order valence-corrected chi connectivity index (χ4v) is 4.74. The second-order valence-electron chi connectivity index (χ2n) is 7.49. The molecule has 1 unspecified atom stereocenters. The number of hydrogen-bond acceptors (Lipinski definition) is 5. The van der Waals surface area contributed by atoms with E-state index in [2.05, 4.69) is 41.8 Å². The number of aryl methyl sites for hydroxylation is 2. The van der Waals surface area contributed by atoms with Crippen LogP contribution in [0.1, 0.15) is 41.9 Å². The van der Waals surface area contributed by atoms with Crippen molar-refractivity contribution >= 4 is 17.2 Å². The average Bonchev–Trinajstić information content (AvgIpc) is 3.05. The Morgan fingerprint density at radius 1 is 1.30 bits per heavy atom. The molecule has 1 aliphatic heterocycles. The van der Waals surface area contributed by atoms with Crippen LogP contribution in [-0.2, 0) is 9.53 Å². The largest absolute Gasteiger partial charge is 0.384 e. The number of carbonyl (C=O) groups is 1. The molecule has 1 aromatic heterocycles. The second-order valence-corrected chi connectivity index (χ2v) is 8.52. The van der Waals surface area contributed by atoms with Crippen LogP contribution in [0, 0.1) is 19.3 Å². The maximum absolute atomic E-state index is 13.1. The molecule has 1 fully saturated rings. The number of amides is 1. The summed E-state index contributed by atoms with van der Waals surface area (Å²) >= 11 is 1.66. The van der Waals surface area contributed by atoms with Gasteiger partial charge in [-0.05, 0) is 46.7 Å². The SMILES string of the molecule is COCC1(C(=O)NC(C)c2sc(-c3ccc(C)cc3)nc2C)CCNCC1. The van der Waals surface area contributed by atoms with Crippen LogP contribution in [0.25, 0.3) is 10.6 Å². The van der Waals surface area contributed by atoms with Crippen molar-refractivity contribution < 1.29 is 9.53 Å². The molecule has 3 rings (SSSR count). The van der Waals surface area contributed by atoms with E-state index >= 15 is 0 Å². The summed E-state index contributed by atoms with van der Waals surface area (Å²) in [4.78, 5) is 18.9. The first-order valence-corrected chi connectivity index (χ1v) is 10.3. The summed E-state index contributed by atoms with van der Waals surface area (Å²) in [6.07, 6.45) is 1.60. The lowest BCUT2D eigenvalue weighted by Gasteiger charge is -2.36. The number of aromatic nitrogens is 1. The van der Waals surface area contributed by atoms with Crippen LogP contribution in [0.5, 0.6) is 0 Å². The Hall–Kier alpha value is -1.76. The van der Waals surface area contributed by atoms with E-state index in [0.717, 1.165) is 47.1 Å². The zero-order chi connectivity index (χ0) is 19.4. The van der Waals surface area contributed by atoms with Gasteiger partial charge in [-0.3, -0.25) is 4.79 Å². The maximum atomic E-state index is 13.1. The van der Waals surface area contributed by atoms with Gasteiger partial charge in [-0.15, -0.1) is 11.3 Å². The predicted octanol–water partition coefficient (Wildman–Crippen LogP) is 3.62. The van der Waals surface area contributed by atoms with E-state index in [1.807, 2.05) is 13.8 Å². The summed E-state index contributed by atoms with van der Waals surface area (Å²) in [7, 11) is 1.67. The first-order valence-electron chi connectivity index (χ1n) is 9.50. The number of methoxy groups -OCH3 is 1. The third kappa shape index (κ3) is 4.39. The second kappa shape index (κ2) is 8.50. The van der Waals surface area contributed by atoms with Crippen molar-refractivity contribution in [2.24, 2.45) is 5.41 Å². The molecule has 1 saturated heterocycles. The molecular formula is C21H29N3O2S. The van der Waals surface area contributed by atoms with Gasteiger partial charge in [0.1, 0.15) is 5.01 Å². The maximum Gasteiger partial charge on any atom is 0.229 e. The van der Waals surface area contributed by atoms with Crippen molar-refractivity contribution in [1.29, 1.82) is 0 Å². The Bertz CT molecular complexity index is 774. The van der Waals surface area contributed by atoms with Gasteiger partial charge in [-0.1, -0.05) is 29.8 Å². The lowest BCUT2D eigenvalue weighted by molar-refractivity contribution is -0.136. The van der Waals surface area contributed by atoms with Gasteiger partial charge in [0.15, 0.2) is 0 Å². The van der Waals surface area contributed by atoms with E-state index < -0.39 is 5.41 Å². The van der Waals surface area contributed by atoms with E-state index in [-0.39, 0.29) is 11.9 Å². The quantitative estimate of drug-likeness (QED) is 0.795. The molecule has 0 bridgehead atoms. The first kappa shape index (κ1) is 20.0. The summed E-state index contributed by atoms with van der Waals surface area (Å²) in [5.74, 6) is 0.0861. The molecule has 0 spiro atoms. The normalized spacial score (nSPS) is 17.5. The number of piperidine rings is 1. The highest BCUT2D eigenvalue weighted by Crippen LogP contribution is 2.34. The Kier molecular flexibility index (Phi) is 6.29. The Morgan fingerprint density at radius 3 is 2.59 bits per heavy atom. The summed E-state index contributed by atoms with van der Waals surface area (Å²) in [6, 6.07) is 8.33. The van der Waals surface area contributed by atoms with E-state index in [4.69, 9.17) is 9.72 Å². The Morgan fingerprint density at radius 2 is 1.96 bits per heavy atom. The third-order valence-electron chi connectivity index (χ3n) is 5.33. The van der Waals surface area contributed by atoms with E-state index in [1.54, 1.807) is 18.4 Å². The number of thiazole rings is 1. The lowest BCUT2D eigenvalue weighted by Crippen LogP contribution is -2.50. The lowest BCUT2D eigenvalue weighted by atomic mass is 9.78. The topological polar surface area (TPSA) is 63.2 Å². The monoisotopic (exact) mass is 387 g/mol. The van der Waals surface area contributed by atoms with Gasteiger partial charge in [-0.2, -0.15) is 0 Å². The van der Waals surface area contributed by atoms with Crippen molar-refractivity contribution in [1.82, 2.24) is 15.6 Å². The number of benzene rings is 1.